The quantitative estimate of drug-likeness (QED) is 0.886. The number of nitrogens with zero attached hydrogens (tertiary/aromatic N) is 2. The number of thiophene rings is 1. The third-order valence-electron chi connectivity index (χ3n) is 3.53. The van der Waals surface area contributed by atoms with Crippen LogP contribution >= 0.6 is 11.3 Å². The van der Waals surface area contributed by atoms with Crippen molar-refractivity contribution < 1.29 is 14.7 Å². The third kappa shape index (κ3) is 2.99. The molecule has 0 aliphatic heterocycles. The van der Waals surface area contributed by atoms with E-state index in [1.807, 2.05) is 7.05 Å². The number of aliphatic carboxylic acids is 1. The zero-order valence-electron chi connectivity index (χ0n) is 13.4. The summed E-state index contributed by atoms with van der Waals surface area (Å²) in [4.78, 5) is 25.0. The number of aromatic nitrogens is 2. The molecule has 1 unspecified atom stereocenters. The second kappa shape index (κ2) is 6.08. The maximum atomic E-state index is 12.3. The van der Waals surface area contributed by atoms with Crippen LogP contribution in [-0.4, -0.2) is 32.8 Å². The highest BCUT2D eigenvalue weighted by molar-refractivity contribution is 7.20. The molecule has 120 valence electrons. The van der Waals surface area contributed by atoms with Crippen molar-refractivity contribution in [2.75, 3.05) is 0 Å². The van der Waals surface area contributed by atoms with E-state index in [1.54, 1.807) is 24.6 Å². The lowest BCUT2D eigenvalue weighted by Gasteiger charge is -2.17. The minimum absolute atomic E-state index is 0.177. The fourth-order valence-corrected chi connectivity index (χ4v) is 3.31. The summed E-state index contributed by atoms with van der Waals surface area (Å²) in [6.07, 6.45) is 0. The number of carboxylic acids is 1. The Kier molecular flexibility index (Phi) is 4.55. The van der Waals surface area contributed by atoms with Crippen molar-refractivity contribution in [3.8, 4) is 0 Å². The van der Waals surface area contributed by atoms with E-state index in [4.69, 9.17) is 0 Å². The first-order valence-corrected chi connectivity index (χ1v) is 8.04. The number of carbonyl (C=O) groups is 2. The van der Waals surface area contributed by atoms with Crippen LogP contribution in [0.3, 0.4) is 0 Å². The summed E-state index contributed by atoms with van der Waals surface area (Å²) in [7, 11) is 1.85. The number of fused-ring (bicyclic) bond motifs is 1. The van der Waals surface area contributed by atoms with Crippen LogP contribution in [0.4, 0.5) is 0 Å². The molecule has 2 N–H and O–H groups in total. The molecule has 0 aromatic carbocycles. The second-order valence-electron chi connectivity index (χ2n) is 6.03. The van der Waals surface area contributed by atoms with Crippen molar-refractivity contribution in [3.63, 3.8) is 0 Å². The van der Waals surface area contributed by atoms with Gasteiger partial charge in [0.2, 0.25) is 0 Å². The summed E-state index contributed by atoms with van der Waals surface area (Å²) in [5, 5.41) is 17.2. The molecule has 6 nitrogen and oxygen atoms in total. The van der Waals surface area contributed by atoms with Crippen molar-refractivity contribution >= 4 is 33.4 Å². The van der Waals surface area contributed by atoms with E-state index in [0.29, 0.717) is 4.88 Å². The minimum Gasteiger partial charge on any atom is -0.480 e. The molecule has 0 saturated carbocycles. The molecule has 7 heteroatoms. The molecule has 22 heavy (non-hydrogen) atoms. The number of amides is 1. The molecule has 0 radical (unpaired) electrons. The Morgan fingerprint density at radius 3 is 2.45 bits per heavy atom. The minimum atomic E-state index is -1.02. The molecule has 0 aliphatic carbocycles. The first-order valence-electron chi connectivity index (χ1n) is 7.22. The molecule has 2 rings (SSSR count). The lowest BCUT2D eigenvalue weighted by atomic mass is 10.0. The van der Waals surface area contributed by atoms with Gasteiger partial charge in [0, 0.05) is 12.4 Å². The summed E-state index contributed by atoms with van der Waals surface area (Å²) in [5.41, 5.74) is 0.950. The topological polar surface area (TPSA) is 84.2 Å². The Hall–Kier alpha value is -1.89. The number of carbonyl (C=O) groups excluding carboxylic acids is 1. The van der Waals surface area contributed by atoms with Gasteiger partial charge < -0.3 is 10.4 Å². The summed E-state index contributed by atoms with van der Waals surface area (Å²) in [5.74, 6) is -1.29. The Balaban J connectivity index is 2.33. The van der Waals surface area contributed by atoms with Crippen molar-refractivity contribution in [1.29, 1.82) is 0 Å². The number of hydrogen-bond donors (Lipinski definition) is 2. The van der Waals surface area contributed by atoms with Crippen LogP contribution in [-0.2, 0) is 11.8 Å². The molecule has 0 bridgehead atoms. The largest absolute Gasteiger partial charge is 0.480 e. The van der Waals surface area contributed by atoms with Gasteiger partial charge in [0.1, 0.15) is 10.9 Å². The maximum Gasteiger partial charge on any atom is 0.326 e. The predicted octanol–water partition coefficient (Wildman–Crippen LogP) is 2.60. The molecular weight excluding hydrogens is 302 g/mol. The van der Waals surface area contributed by atoms with Gasteiger partial charge in [-0.3, -0.25) is 9.48 Å². The molecule has 0 aliphatic rings. The Morgan fingerprint density at radius 2 is 1.95 bits per heavy atom. The smallest absolute Gasteiger partial charge is 0.326 e. The van der Waals surface area contributed by atoms with Gasteiger partial charge in [-0.15, -0.1) is 11.3 Å². The van der Waals surface area contributed by atoms with Crippen LogP contribution in [0.2, 0.25) is 0 Å². The molecule has 0 saturated heterocycles. The van der Waals surface area contributed by atoms with Gasteiger partial charge in [-0.25, -0.2) is 4.79 Å². The number of aryl methyl sites for hydroxylation is 1. The first-order chi connectivity index (χ1) is 10.2. The molecule has 1 amide bonds. The van der Waals surface area contributed by atoms with Crippen LogP contribution in [0.5, 0.6) is 0 Å². The Bertz CT molecular complexity index is 715. The van der Waals surface area contributed by atoms with Crippen LogP contribution < -0.4 is 5.32 Å². The van der Waals surface area contributed by atoms with Crippen LogP contribution in [0, 0.1) is 5.92 Å². The number of hydrogen-bond acceptors (Lipinski definition) is 4. The lowest BCUT2D eigenvalue weighted by Crippen LogP contribution is -2.44. The predicted molar refractivity (Wildman–Crippen MR) is 86.4 cm³/mol. The highest BCUT2D eigenvalue weighted by atomic mass is 32.1. The monoisotopic (exact) mass is 323 g/mol. The SMILES string of the molecule is CC(C)c1nn(C)c2sc(C(=O)NC(C(=O)O)C(C)C)cc12. The zero-order chi connectivity index (χ0) is 16.6. The van der Waals surface area contributed by atoms with E-state index in [-0.39, 0.29) is 17.7 Å². The summed E-state index contributed by atoms with van der Waals surface area (Å²) in [6, 6.07) is 0.914. The van der Waals surface area contributed by atoms with Gasteiger partial charge in [0.25, 0.3) is 5.91 Å². The van der Waals surface area contributed by atoms with Crippen LogP contribution in [0.25, 0.3) is 10.2 Å². The number of carboxylic acid groups (broad SMARTS) is 1. The zero-order valence-corrected chi connectivity index (χ0v) is 14.2. The first kappa shape index (κ1) is 16.5. The average Bonchev–Trinajstić information content (AvgIpc) is 2.96. The highest BCUT2D eigenvalue weighted by Gasteiger charge is 2.25. The molecule has 2 aromatic heterocycles. The molecule has 0 spiro atoms. The molecule has 1 atom stereocenters. The Labute approximate surface area is 133 Å². The lowest BCUT2D eigenvalue weighted by molar-refractivity contribution is -0.140. The fraction of sp³-hybridized carbons (Fsp3) is 0.533. The van der Waals surface area contributed by atoms with E-state index < -0.39 is 12.0 Å². The van der Waals surface area contributed by atoms with E-state index >= 15 is 0 Å². The summed E-state index contributed by atoms with van der Waals surface area (Å²) in [6.45, 7) is 7.65. The average molecular weight is 323 g/mol. The van der Waals surface area contributed by atoms with Crippen molar-refractivity contribution in [1.82, 2.24) is 15.1 Å². The third-order valence-corrected chi connectivity index (χ3v) is 4.73. The normalized spacial score (nSPS) is 13.0. The maximum absolute atomic E-state index is 12.3. The van der Waals surface area contributed by atoms with Gasteiger partial charge in [-0.1, -0.05) is 27.7 Å². The molecular formula is C15H21N3O3S. The molecule has 0 fully saturated rings. The van der Waals surface area contributed by atoms with Crippen LogP contribution in [0.15, 0.2) is 6.07 Å². The fourth-order valence-electron chi connectivity index (χ4n) is 2.33. The van der Waals surface area contributed by atoms with Gasteiger partial charge in [0.15, 0.2) is 0 Å². The van der Waals surface area contributed by atoms with Crippen molar-refractivity contribution in [2.24, 2.45) is 13.0 Å². The molecule has 2 aromatic rings. The van der Waals surface area contributed by atoms with E-state index in [2.05, 4.69) is 24.3 Å². The number of nitrogens with one attached hydrogen (secondary N) is 1. The Morgan fingerprint density at radius 1 is 1.32 bits per heavy atom. The van der Waals surface area contributed by atoms with Crippen molar-refractivity contribution in [3.05, 3.63) is 16.6 Å². The van der Waals surface area contributed by atoms with Gasteiger partial charge >= 0.3 is 5.97 Å². The van der Waals surface area contributed by atoms with E-state index in [1.165, 1.54) is 11.3 Å². The highest BCUT2D eigenvalue weighted by Crippen LogP contribution is 2.31. The standard InChI is InChI=1S/C15H21N3O3S/c1-7(2)11-9-6-10(22-14(9)18(5)17-11)13(19)16-12(8(3)4)15(20)21/h6-8,12H,1-5H3,(H,16,19)(H,20,21). The molecule has 2 heterocycles. The van der Waals surface area contributed by atoms with Gasteiger partial charge in [0.05, 0.1) is 10.6 Å². The van der Waals surface area contributed by atoms with Gasteiger partial charge in [-0.2, -0.15) is 5.10 Å². The second-order valence-corrected chi connectivity index (χ2v) is 7.06. The van der Waals surface area contributed by atoms with Gasteiger partial charge in [-0.05, 0) is 17.9 Å². The van der Waals surface area contributed by atoms with Crippen LogP contribution in [0.1, 0.15) is 49.0 Å². The van der Waals surface area contributed by atoms with E-state index in [9.17, 15) is 14.7 Å². The van der Waals surface area contributed by atoms with Crippen molar-refractivity contribution in [2.45, 2.75) is 39.7 Å². The summed E-state index contributed by atoms with van der Waals surface area (Å²) < 4.78 is 1.77. The summed E-state index contributed by atoms with van der Waals surface area (Å²) >= 11 is 1.33. The van der Waals surface area contributed by atoms with E-state index in [0.717, 1.165) is 15.9 Å². The number of rotatable bonds is 5.